The van der Waals surface area contributed by atoms with Crippen LogP contribution in [-0.4, -0.2) is 7.11 Å². The molecule has 2 aromatic rings. The van der Waals surface area contributed by atoms with E-state index in [0.717, 1.165) is 16.5 Å². The molecule has 1 aromatic carbocycles. The normalized spacial score (nSPS) is 10.8. The number of nitrogens with two attached hydrogens (primary N) is 1. The Morgan fingerprint density at radius 2 is 2.31 bits per heavy atom. The first-order chi connectivity index (χ1) is 6.33. The van der Waals surface area contributed by atoms with E-state index in [1.807, 2.05) is 18.2 Å². The second-order valence-corrected chi connectivity index (χ2v) is 2.92. The Hall–Kier alpha value is -1.48. The van der Waals surface area contributed by atoms with Crippen molar-refractivity contribution < 1.29 is 9.15 Å². The van der Waals surface area contributed by atoms with E-state index in [1.165, 1.54) is 0 Å². The lowest BCUT2D eigenvalue weighted by Gasteiger charge is -1.96. The van der Waals surface area contributed by atoms with Crippen molar-refractivity contribution in [2.75, 3.05) is 12.8 Å². The minimum absolute atomic E-state index is 0.552. The highest BCUT2D eigenvalue weighted by molar-refractivity contribution is 5.90. The summed E-state index contributed by atoms with van der Waals surface area (Å²) in [7, 11) is 1.66. The predicted octanol–water partition coefficient (Wildman–Crippen LogP) is 2.16. The van der Waals surface area contributed by atoms with E-state index >= 15 is 0 Å². The molecule has 0 saturated heterocycles. The molecule has 3 heteroatoms. The van der Waals surface area contributed by atoms with Crippen molar-refractivity contribution in [2.24, 2.45) is 0 Å². The minimum atomic E-state index is 0.552. The van der Waals surface area contributed by atoms with Crippen LogP contribution in [0.2, 0.25) is 0 Å². The zero-order valence-corrected chi connectivity index (χ0v) is 7.41. The van der Waals surface area contributed by atoms with Crippen LogP contribution in [0.3, 0.4) is 0 Å². The molecule has 0 amide bonds. The van der Waals surface area contributed by atoms with E-state index in [-0.39, 0.29) is 0 Å². The third-order valence-corrected chi connectivity index (χ3v) is 2.01. The van der Waals surface area contributed by atoms with Gasteiger partial charge in [0.25, 0.3) is 0 Å². The molecule has 3 nitrogen and oxygen atoms in total. The number of hydrogen-bond acceptors (Lipinski definition) is 3. The molecule has 1 heterocycles. The first-order valence-corrected chi connectivity index (χ1v) is 4.06. The summed E-state index contributed by atoms with van der Waals surface area (Å²) in [6, 6.07) is 5.71. The maximum absolute atomic E-state index is 5.73. The smallest absolute Gasteiger partial charge is 0.157 e. The first kappa shape index (κ1) is 8.13. The van der Waals surface area contributed by atoms with Crippen LogP contribution in [0.4, 0.5) is 5.69 Å². The molecule has 0 fully saturated rings. The van der Waals surface area contributed by atoms with Gasteiger partial charge in [0.05, 0.1) is 18.6 Å². The fourth-order valence-corrected chi connectivity index (χ4v) is 1.40. The fourth-order valence-electron chi connectivity index (χ4n) is 1.40. The Morgan fingerprint density at radius 1 is 1.46 bits per heavy atom. The zero-order chi connectivity index (χ0) is 9.26. The number of hydrogen-bond donors (Lipinski definition) is 1. The molecule has 0 unspecified atom stereocenters. The van der Waals surface area contributed by atoms with Crippen LogP contribution in [0.25, 0.3) is 11.0 Å². The summed E-state index contributed by atoms with van der Waals surface area (Å²) in [4.78, 5) is 0. The van der Waals surface area contributed by atoms with Gasteiger partial charge < -0.3 is 14.9 Å². The van der Waals surface area contributed by atoms with Gasteiger partial charge in [-0.2, -0.15) is 0 Å². The van der Waals surface area contributed by atoms with Gasteiger partial charge >= 0.3 is 0 Å². The molecule has 0 saturated carbocycles. The Balaban J connectivity index is 2.61. The van der Waals surface area contributed by atoms with E-state index in [1.54, 1.807) is 13.4 Å². The van der Waals surface area contributed by atoms with Gasteiger partial charge in [0.2, 0.25) is 0 Å². The molecule has 68 valence electrons. The molecule has 0 bridgehead atoms. The average Bonchev–Trinajstić information content (AvgIpc) is 2.51. The lowest BCUT2D eigenvalue weighted by atomic mass is 10.2. The summed E-state index contributed by atoms with van der Waals surface area (Å²) < 4.78 is 10.4. The number of benzene rings is 1. The summed E-state index contributed by atoms with van der Waals surface area (Å²) in [5.41, 5.74) is 8.17. The molecule has 0 spiro atoms. The van der Waals surface area contributed by atoms with Crippen LogP contribution in [-0.2, 0) is 11.3 Å². The summed E-state index contributed by atoms with van der Waals surface area (Å²) >= 11 is 0. The second-order valence-electron chi connectivity index (χ2n) is 2.92. The number of para-hydroxylation sites is 1. The highest BCUT2D eigenvalue weighted by Crippen LogP contribution is 2.26. The summed E-state index contributed by atoms with van der Waals surface area (Å²) in [6.45, 7) is 0.552. The Kier molecular flexibility index (Phi) is 1.94. The third-order valence-electron chi connectivity index (χ3n) is 2.01. The number of methoxy groups -OCH3 is 1. The van der Waals surface area contributed by atoms with Gasteiger partial charge in [-0.15, -0.1) is 0 Å². The summed E-state index contributed by atoms with van der Waals surface area (Å²) in [5, 5.41) is 1.03. The van der Waals surface area contributed by atoms with Gasteiger partial charge in [-0.3, -0.25) is 0 Å². The molecule has 0 aliphatic rings. The molecule has 1 aromatic heterocycles. The maximum atomic E-state index is 5.73. The van der Waals surface area contributed by atoms with Crippen molar-refractivity contribution in [3.63, 3.8) is 0 Å². The number of fused-ring (bicyclic) bond motifs is 1. The highest BCUT2D eigenvalue weighted by Gasteiger charge is 2.06. The van der Waals surface area contributed by atoms with Gasteiger partial charge in [-0.05, 0) is 6.07 Å². The lowest BCUT2D eigenvalue weighted by molar-refractivity contribution is 0.185. The van der Waals surface area contributed by atoms with E-state index in [4.69, 9.17) is 14.9 Å². The summed E-state index contributed by atoms with van der Waals surface area (Å²) in [6.07, 6.45) is 1.69. The standard InChI is InChI=1S/C10H11NO2/c1-12-5-7-6-13-10-8(7)3-2-4-9(10)11/h2-4,6H,5,11H2,1H3. The van der Waals surface area contributed by atoms with Crippen LogP contribution in [0.5, 0.6) is 0 Å². The average molecular weight is 177 g/mol. The van der Waals surface area contributed by atoms with Crippen molar-refractivity contribution in [3.05, 3.63) is 30.0 Å². The van der Waals surface area contributed by atoms with Gasteiger partial charge in [0.1, 0.15) is 0 Å². The molecular weight excluding hydrogens is 166 g/mol. The molecular formula is C10H11NO2. The van der Waals surface area contributed by atoms with Gasteiger partial charge in [0.15, 0.2) is 5.58 Å². The predicted molar refractivity (Wildman–Crippen MR) is 51.3 cm³/mol. The van der Waals surface area contributed by atoms with Crippen molar-refractivity contribution >= 4 is 16.7 Å². The van der Waals surface area contributed by atoms with Gasteiger partial charge in [0, 0.05) is 18.1 Å². The van der Waals surface area contributed by atoms with Crippen LogP contribution in [0.1, 0.15) is 5.56 Å². The van der Waals surface area contributed by atoms with Crippen molar-refractivity contribution in [1.29, 1.82) is 0 Å². The van der Waals surface area contributed by atoms with Crippen LogP contribution < -0.4 is 5.73 Å². The molecule has 0 atom stereocenters. The highest BCUT2D eigenvalue weighted by atomic mass is 16.5. The largest absolute Gasteiger partial charge is 0.462 e. The molecule has 0 aliphatic heterocycles. The Labute approximate surface area is 76.1 Å². The minimum Gasteiger partial charge on any atom is -0.462 e. The summed E-state index contributed by atoms with van der Waals surface area (Å²) in [5.74, 6) is 0. The number of anilines is 1. The van der Waals surface area contributed by atoms with Crippen LogP contribution >= 0.6 is 0 Å². The number of furan rings is 1. The van der Waals surface area contributed by atoms with E-state index in [2.05, 4.69) is 0 Å². The van der Waals surface area contributed by atoms with E-state index in [0.29, 0.717) is 12.3 Å². The number of ether oxygens (including phenoxy) is 1. The molecule has 0 aliphatic carbocycles. The maximum Gasteiger partial charge on any atom is 0.157 e. The molecule has 0 radical (unpaired) electrons. The van der Waals surface area contributed by atoms with Crippen LogP contribution in [0.15, 0.2) is 28.9 Å². The fraction of sp³-hybridized carbons (Fsp3) is 0.200. The lowest BCUT2D eigenvalue weighted by Crippen LogP contribution is -1.86. The number of rotatable bonds is 2. The SMILES string of the molecule is COCc1coc2c(N)cccc12. The van der Waals surface area contributed by atoms with E-state index < -0.39 is 0 Å². The van der Waals surface area contributed by atoms with Crippen molar-refractivity contribution in [2.45, 2.75) is 6.61 Å². The van der Waals surface area contributed by atoms with E-state index in [9.17, 15) is 0 Å². The number of nitrogen functional groups attached to an aromatic ring is 1. The van der Waals surface area contributed by atoms with Gasteiger partial charge in [-0.1, -0.05) is 12.1 Å². The Bertz CT molecular complexity index is 420. The third kappa shape index (κ3) is 1.27. The monoisotopic (exact) mass is 177 g/mol. The van der Waals surface area contributed by atoms with Crippen molar-refractivity contribution in [3.8, 4) is 0 Å². The second kappa shape index (κ2) is 3.11. The quantitative estimate of drug-likeness (QED) is 0.715. The first-order valence-electron chi connectivity index (χ1n) is 4.06. The van der Waals surface area contributed by atoms with Gasteiger partial charge in [-0.25, -0.2) is 0 Å². The topological polar surface area (TPSA) is 48.4 Å². The molecule has 2 rings (SSSR count). The van der Waals surface area contributed by atoms with Crippen molar-refractivity contribution in [1.82, 2.24) is 0 Å². The van der Waals surface area contributed by atoms with Crippen LogP contribution in [0, 0.1) is 0 Å². The Morgan fingerprint density at radius 3 is 3.08 bits per heavy atom. The molecule has 13 heavy (non-hydrogen) atoms. The molecule has 2 N–H and O–H groups in total. The zero-order valence-electron chi connectivity index (χ0n) is 7.41.